The summed E-state index contributed by atoms with van der Waals surface area (Å²) in [5.74, 6) is 0.572. The molecule has 0 bridgehead atoms. The molecule has 2 nitrogen and oxygen atoms in total. The maximum Gasteiger partial charge on any atom is 0.183 e. The highest BCUT2D eigenvalue weighted by Gasteiger charge is 2.17. The predicted octanol–water partition coefficient (Wildman–Crippen LogP) is 2.69. The summed E-state index contributed by atoms with van der Waals surface area (Å²) >= 11 is 7.27. The van der Waals surface area contributed by atoms with Crippen molar-refractivity contribution in [3.63, 3.8) is 0 Å². The molecule has 0 amide bonds. The number of ether oxygens (including phenoxy) is 1. The number of hydrogen-bond donors (Lipinski definition) is 0. The molecule has 0 aliphatic carbocycles. The van der Waals surface area contributed by atoms with Gasteiger partial charge in [-0.05, 0) is 12.8 Å². The van der Waals surface area contributed by atoms with E-state index in [4.69, 9.17) is 16.3 Å². The second-order valence-electron chi connectivity index (χ2n) is 2.91. The van der Waals surface area contributed by atoms with Crippen LogP contribution in [-0.2, 0) is 4.74 Å². The highest BCUT2D eigenvalue weighted by atomic mass is 35.5. The fourth-order valence-electron chi connectivity index (χ4n) is 1.44. The van der Waals surface area contributed by atoms with E-state index in [-0.39, 0.29) is 0 Å². The summed E-state index contributed by atoms with van der Waals surface area (Å²) < 4.78 is 5.92. The molecule has 66 valence electrons. The van der Waals surface area contributed by atoms with Crippen LogP contribution in [0.3, 0.4) is 0 Å². The first-order chi connectivity index (χ1) is 5.86. The second-order valence-corrected chi connectivity index (χ2v) is 4.35. The molecule has 0 radical (unpaired) electrons. The molecule has 4 heteroatoms. The standard InChI is InChI=1S/C8H10ClNOS/c9-8-10-7(5-12-8)6-1-3-11-4-2-6/h5-6H,1-4H2. The number of rotatable bonds is 1. The van der Waals surface area contributed by atoms with Crippen molar-refractivity contribution in [2.45, 2.75) is 18.8 Å². The number of aromatic nitrogens is 1. The quantitative estimate of drug-likeness (QED) is 0.700. The molecule has 2 heterocycles. The summed E-state index contributed by atoms with van der Waals surface area (Å²) in [5, 5.41) is 2.05. The highest BCUT2D eigenvalue weighted by Crippen LogP contribution is 2.29. The molecule has 1 aromatic heterocycles. The second kappa shape index (κ2) is 3.73. The Labute approximate surface area is 80.5 Å². The molecule has 0 atom stereocenters. The molecular formula is C8H10ClNOS. The van der Waals surface area contributed by atoms with Gasteiger partial charge in [0.2, 0.25) is 0 Å². The number of nitrogens with zero attached hydrogens (tertiary/aromatic N) is 1. The number of hydrogen-bond acceptors (Lipinski definition) is 3. The number of thiazole rings is 1. The summed E-state index contributed by atoms with van der Waals surface area (Å²) in [6, 6.07) is 0. The molecule has 1 aliphatic rings. The number of halogens is 1. The Morgan fingerprint density at radius 2 is 2.25 bits per heavy atom. The first-order valence-electron chi connectivity index (χ1n) is 4.05. The van der Waals surface area contributed by atoms with Gasteiger partial charge in [0, 0.05) is 24.5 Å². The SMILES string of the molecule is Clc1nc(C2CCOCC2)cs1. The molecule has 1 aliphatic heterocycles. The maximum atomic E-state index is 5.76. The molecule has 0 aromatic carbocycles. The molecule has 1 aromatic rings. The van der Waals surface area contributed by atoms with Gasteiger partial charge in [-0.15, -0.1) is 11.3 Å². The molecule has 1 fully saturated rings. The summed E-state index contributed by atoms with van der Waals surface area (Å²) in [4.78, 5) is 4.26. The fourth-order valence-corrected chi connectivity index (χ4v) is 2.30. The van der Waals surface area contributed by atoms with Crippen LogP contribution < -0.4 is 0 Å². The van der Waals surface area contributed by atoms with Gasteiger partial charge in [-0.25, -0.2) is 4.98 Å². The van der Waals surface area contributed by atoms with Gasteiger partial charge < -0.3 is 4.74 Å². The lowest BCUT2D eigenvalue weighted by Gasteiger charge is -2.19. The lowest BCUT2D eigenvalue weighted by atomic mass is 9.98. The molecule has 0 saturated carbocycles. The van der Waals surface area contributed by atoms with Crippen LogP contribution in [0.2, 0.25) is 4.47 Å². The maximum absolute atomic E-state index is 5.76. The van der Waals surface area contributed by atoms with Crippen LogP contribution in [0.15, 0.2) is 5.38 Å². The molecule has 0 unspecified atom stereocenters. The smallest absolute Gasteiger partial charge is 0.183 e. The first kappa shape index (κ1) is 8.48. The van der Waals surface area contributed by atoms with E-state index < -0.39 is 0 Å². The van der Waals surface area contributed by atoms with Gasteiger partial charge in [-0.1, -0.05) is 11.6 Å². The van der Waals surface area contributed by atoms with Crippen molar-refractivity contribution in [1.82, 2.24) is 4.98 Å². The van der Waals surface area contributed by atoms with Crippen molar-refractivity contribution in [2.75, 3.05) is 13.2 Å². The summed E-state index contributed by atoms with van der Waals surface area (Å²) in [7, 11) is 0. The Hall–Kier alpha value is -0.120. The van der Waals surface area contributed by atoms with E-state index >= 15 is 0 Å². The molecule has 0 N–H and O–H groups in total. The summed E-state index contributed by atoms with van der Waals surface area (Å²) in [6.07, 6.45) is 2.17. The lowest BCUT2D eigenvalue weighted by molar-refractivity contribution is 0.0846. The molecule has 2 rings (SSSR count). The largest absolute Gasteiger partial charge is 0.381 e. The average Bonchev–Trinajstić information content (AvgIpc) is 2.54. The van der Waals surface area contributed by atoms with Crippen LogP contribution in [-0.4, -0.2) is 18.2 Å². The zero-order valence-electron chi connectivity index (χ0n) is 6.62. The third kappa shape index (κ3) is 1.79. The van der Waals surface area contributed by atoms with Crippen LogP contribution >= 0.6 is 22.9 Å². The Kier molecular flexibility index (Phi) is 2.63. The zero-order chi connectivity index (χ0) is 8.39. The lowest BCUT2D eigenvalue weighted by Crippen LogP contribution is -2.14. The monoisotopic (exact) mass is 203 g/mol. The van der Waals surface area contributed by atoms with Crippen LogP contribution in [0.5, 0.6) is 0 Å². The minimum Gasteiger partial charge on any atom is -0.381 e. The van der Waals surface area contributed by atoms with E-state index in [9.17, 15) is 0 Å². The molecular weight excluding hydrogens is 194 g/mol. The van der Waals surface area contributed by atoms with Gasteiger partial charge in [-0.3, -0.25) is 0 Å². The fraction of sp³-hybridized carbons (Fsp3) is 0.625. The van der Waals surface area contributed by atoms with E-state index in [0.29, 0.717) is 10.4 Å². The van der Waals surface area contributed by atoms with Crippen molar-refractivity contribution < 1.29 is 4.74 Å². The minimum atomic E-state index is 0.572. The van der Waals surface area contributed by atoms with Crippen molar-refractivity contribution in [3.8, 4) is 0 Å². The molecule has 1 saturated heterocycles. The van der Waals surface area contributed by atoms with E-state index in [0.717, 1.165) is 31.7 Å². The van der Waals surface area contributed by atoms with E-state index in [1.807, 2.05) is 0 Å². The van der Waals surface area contributed by atoms with Crippen LogP contribution in [0.25, 0.3) is 0 Å². The van der Waals surface area contributed by atoms with Gasteiger partial charge in [-0.2, -0.15) is 0 Å². The third-order valence-electron chi connectivity index (χ3n) is 2.13. The van der Waals surface area contributed by atoms with Gasteiger partial charge in [0.05, 0.1) is 5.69 Å². The Balaban J connectivity index is 2.08. The van der Waals surface area contributed by atoms with Crippen LogP contribution in [0.1, 0.15) is 24.5 Å². The van der Waals surface area contributed by atoms with Crippen LogP contribution in [0.4, 0.5) is 0 Å². The Morgan fingerprint density at radius 3 is 2.83 bits per heavy atom. The van der Waals surface area contributed by atoms with Crippen molar-refractivity contribution in [2.24, 2.45) is 0 Å². The summed E-state index contributed by atoms with van der Waals surface area (Å²) in [5.41, 5.74) is 1.15. The van der Waals surface area contributed by atoms with Crippen molar-refractivity contribution in [1.29, 1.82) is 0 Å². The molecule has 0 spiro atoms. The summed E-state index contributed by atoms with van der Waals surface area (Å²) in [6.45, 7) is 1.72. The van der Waals surface area contributed by atoms with Gasteiger partial charge in [0.25, 0.3) is 0 Å². The molecule has 12 heavy (non-hydrogen) atoms. The average molecular weight is 204 g/mol. The highest BCUT2D eigenvalue weighted by molar-refractivity contribution is 7.13. The van der Waals surface area contributed by atoms with E-state index in [2.05, 4.69) is 10.4 Å². The van der Waals surface area contributed by atoms with Crippen LogP contribution in [0, 0.1) is 0 Å². The normalized spacial score (nSPS) is 19.8. The van der Waals surface area contributed by atoms with E-state index in [1.165, 1.54) is 11.3 Å². The van der Waals surface area contributed by atoms with Gasteiger partial charge in [0.1, 0.15) is 0 Å². The Bertz CT molecular complexity index is 257. The van der Waals surface area contributed by atoms with Gasteiger partial charge >= 0.3 is 0 Å². The van der Waals surface area contributed by atoms with Crippen molar-refractivity contribution in [3.05, 3.63) is 15.5 Å². The predicted molar refractivity (Wildman–Crippen MR) is 49.9 cm³/mol. The minimum absolute atomic E-state index is 0.572. The van der Waals surface area contributed by atoms with Gasteiger partial charge in [0.15, 0.2) is 4.47 Å². The Morgan fingerprint density at radius 1 is 1.50 bits per heavy atom. The zero-order valence-corrected chi connectivity index (χ0v) is 8.20. The third-order valence-corrected chi connectivity index (χ3v) is 3.13. The van der Waals surface area contributed by atoms with Crippen molar-refractivity contribution >= 4 is 22.9 Å². The first-order valence-corrected chi connectivity index (χ1v) is 5.30. The van der Waals surface area contributed by atoms with E-state index in [1.54, 1.807) is 0 Å². The topological polar surface area (TPSA) is 22.1 Å².